The summed E-state index contributed by atoms with van der Waals surface area (Å²) in [5.74, 6) is 0.461. The second-order valence-corrected chi connectivity index (χ2v) is 7.20. The Labute approximate surface area is 158 Å². The van der Waals surface area contributed by atoms with Crippen LogP contribution in [0.15, 0.2) is 65.6 Å². The number of carbonyl (C=O) groups excluding carboxylic acids is 1. The van der Waals surface area contributed by atoms with Gasteiger partial charge in [0.05, 0.1) is 17.2 Å². The molecule has 0 atom stereocenters. The van der Waals surface area contributed by atoms with Gasteiger partial charge >= 0.3 is 0 Å². The Kier molecular flexibility index (Phi) is 5.01. The second-order valence-electron chi connectivity index (χ2n) is 7.20. The molecule has 138 valence electrons. The lowest BCUT2D eigenvalue weighted by Gasteiger charge is -2.29. The van der Waals surface area contributed by atoms with E-state index in [-0.39, 0.29) is 24.1 Å². The molecule has 1 aromatic heterocycles. The third-order valence-electron chi connectivity index (χ3n) is 5.42. The van der Waals surface area contributed by atoms with Crippen molar-refractivity contribution in [3.05, 3.63) is 76.7 Å². The van der Waals surface area contributed by atoms with E-state index in [0.717, 1.165) is 25.7 Å². The van der Waals surface area contributed by atoms with Crippen molar-refractivity contribution >= 4 is 16.9 Å². The first-order valence-corrected chi connectivity index (χ1v) is 9.49. The number of hydrogen-bond acceptors (Lipinski definition) is 3. The smallest absolute Gasteiger partial charge is 0.269 e. The highest BCUT2D eigenvalue weighted by Crippen LogP contribution is 2.32. The molecule has 1 amide bonds. The fourth-order valence-corrected chi connectivity index (χ4v) is 3.99. The van der Waals surface area contributed by atoms with Crippen LogP contribution in [0.3, 0.4) is 0 Å². The van der Waals surface area contributed by atoms with E-state index < -0.39 is 0 Å². The van der Waals surface area contributed by atoms with Gasteiger partial charge in [-0.2, -0.15) is 0 Å². The molecule has 0 unspecified atom stereocenters. The fourth-order valence-electron chi connectivity index (χ4n) is 3.99. The number of benzene rings is 2. The molecule has 1 saturated carbocycles. The lowest BCUT2D eigenvalue weighted by atomic mass is 9.82. The van der Waals surface area contributed by atoms with Gasteiger partial charge in [-0.15, -0.1) is 0 Å². The largest absolute Gasteiger partial charge is 0.352 e. The average Bonchev–Trinajstić information content (AvgIpc) is 2.71. The summed E-state index contributed by atoms with van der Waals surface area (Å²) >= 11 is 0. The average molecular weight is 361 g/mol. The van der Waals surface area contributed by atoms with Crippen LogP contribution in [0.1, 0.15) is 37.2 Å². The fraction of sp³-hybridized carbons (Fsp3) is 0.318. The minimum atomic E-state index is -0.253. The van der Waals surface area contributed by atoms with Crippen LogP contribution in [-0.4, -0.2) is 21.5 Å². The Hall–Kier alpha value is -2.95. The van der Waals surface area contributed by atoms with Crippen molar-refractivity contribution in [2.24, 2.45) is 0 Å². The topological polar surface area (TPSA) is 64.0 Å². The number of nitrogens with zero attached hydrogens (tertiary/aromatic N) is 2. The number of aromatic nitrogens is 2. The molecule has 1 aliphatic carbocycles. The molecule has 0 aliphatic heterocycles. The Balaban J connectivity index is 1.38. The van der Waals surface area contributed by atoms with Crippen molar-refractivity contribution in [2.75, 3.05) is 0 Å². The van der Waals surface area contributed by atoms with E-state index in [1.165, 1.54) is 16.3 Å². The first kappa shape index (κ1) is 17.5. The van der Waals surface area contributed by atoms with Crippen LogP contribution in [-0.2, 0) is 11.3 Å². The third kappa shape index (κ3) is 3.92. The molecule has 0 radical (unpaired) electrons. The summed E-state index contributed by atoms with van der Waals surface area (Å²) in [7, 11) is 0. The first-order valence-electron chi connectivity index (χ1n) is 9.49. The predicted molar refractivity (Wildman–Crippen MR) is 106 cm³/mol. The number of amides is 1. The van der Waals surface area contributed by atoms with Gasteiger partial charge in [0.2, 0.25) is 5.91 Å². The maximum atomic E-state index is 12.5. The van der Waals surface area contributed by atoms with Crippen molar-refractivity contribution in [1.82, 2.24) is 14.9 Å². The van der Waals surface area contributed by atoms with E-state index in [0.29, 0.717) is 17.0 Å². The van der Waals surface area contributed by atoms with Crippen LogP contribution >= 0.6 is 0 Å². The molecule has 0 saturated heterocycles. The van der Waals surface area contributed by atoms with Gasteiger partial charge in [-0.1, -0.05) is 42.5 Å². The number of para-hydroxylation sites is 2. The molecule has 0 spiro atoms. The molecule has 5 heteroatoms. The zero-order valence-corrected chi connectivity index (χ0v) is 15.2. The van der Waals surface area contributed by atoms with Gasteiger partial charge in [0, 0.05) is 6.04 Å². The van der Waals surface area contributed by atoms with Crippen molar-refractivity contribution in [1.29, 1.82) is 0 Å². The van der Waals surface area contributed by atoms with E-state index in [1.54, 1.807) is 0 Å². The molecular formula is C22H23N3O2. The summed E-state index contributed by atoms with van der Waals surface area (Å²) in [6, 6.07) is 18.1. The second kappa shape index (κ2) is 7.74. The van der Waals surface area contributed by atoms with E-state index in [4.69, 9.17) is 0 Å². The standard InChI is InChI=1S/C22H23N3O2/c26-21(15-25-20-9-5-4-8-19(20)23-14-22(25)27)24-18-12-10-17(11-13-18)16-6-2-1-3-7-16/h1-9,14,17-18H,10-13,15H2,(H,24,26). The summed E-state index contributed by atoms with van der Waals surface area (Å²) < 4.78 is 1.49. The molecule has 3 aromatic rings. The molecule has 1 fully saturated rings. The van der Waals surface area contributed by atoms with Crippen LogP contribution in [0.4, 0.5) is 0 Å². The van der Waals surface area contributed by atoms with E-state index >= 15 is 0 Å². The lowest BCUT2D eigenvalue weighted by Crippen LogP contribution is -2.40. The normalized spacial score (nSPS) is 19.7. The molecule has 2 aromatic carbocycles. The van der Waals surface area contributed by atoms with E-state index in [2.05, 4.69) is 34.6 Å². The number of carbonyl (C=O) groups is 1. The Morgan fingerprint density at radius 2 is 1.70 bits per heavy atom. The Morgan fingerprint density at radius 1 is 1.00 bits per heavy atom. The lowest BCUT2D eigenvalue weighted by molar-refractivity contribution is -0.122. The number of hydrogen-bond donors (Lipinski definition) is 1. The summed E-state index contributed by atoms with van der Waals surface area (Å²) in [5.41, 5.74) is 2.54. The highest BCUT2D eigenvalue weighted by atomic mass is 16.2. The van der Waals surface area contributed by atoms with Gasteiger partial charge in [0.15, 0.2) is 0 Å². The first-order chi connectivity index (χ1) is 13.2. The Morgan fingerprint density at radius 3 is 2.48 bits per heavy atom. The summed E-state index contributed by atoms with van der Waals surface area (Å²) in [4.78, 5) is 28.9. The predicted octanol–water partition coefficient (Wildman–Crippen LogP) is 3.24. The van der Waals surface area contributed by atoms with E-state index in [1.807, 2.05) is 30.3 Å². The minimum absolute atomic E-state index is 0.0283. The Bertz CT molecular complexity index is 989. The summed E-state index contributed by atoms with van der Waals surface area (Å²) in [5, 5.41) is 3.11. The summed E-state index contributed by atoms with van der Waals surface area (Å²) in [6.07, 6.45) is 5.37. The van der Waals surface area contributed by atoms with Crippen molar-refractivity contribution in [3.8, 4) is 0 Å². The maximum Gasteiger partial charge on any atom is 0.269 e. The van der Waals surface area contributed by atoms with Crippen LogP contribution in [0.5, 0.6) is 0 Å². The summed E-state index contributed by atoms with van der Waals surface area (Å²) in [6.45, 7) is 0.0283. The van der Waals surface area contributed by atoms with Crippen LogP contribution < -0.4 is 10.9 Å². The molecule has 27 heavy (non-hydrogen) atoms. The highest BCUT2D eigenvalue weighted by Gasteiger charge is 2.23. The van der Waals surface area contributed by atoms with Crippen molar-refractivity contribution < 1.29 is 4.79 Å². The quantitative estimate of drug-likeness (QED) is 0.776. The number of nitrogens with one attached hydrogen (secondary N) is 1. The molecular weight excluding hydrogens is 338 g/mol. The number of fused-ring (bicyclic) bond motifs is 1. The van der Waals surface area contributed by atoms with Gasteiger partial charge in [0.1, 0.15) is 6.54 Å². The van der Waals surface area contributed by atoms with Gasteiger partial charge in [-0.05, 0) is 49.3 Å². The van der Waals surface area contributed by atoms with Gasteiger partial charge in [-0.3, -0.25) is 14.2 Å². The van der Waals surface area contributed by atoms with Gasteiger partial charge in [-0.25, -0.2) is 4.98 Å². The highest BCUT2D eigenvalue weighted by molar-refractivity contribution is 5.80. The molecule has 5 nitrogen and oxygen atoms in total. The zero-order valence-electron chi connectivity index (χ0n) is 15.2. The van der Waals surface area contributed by atoms with Crippen LogP contribution in [0, 0.1) is 0 Å². The van der Waals surface area contributed by atoms with Crippen molar-refractivity contribution in [2.45, 2.75) is 44.2 Å². The molecule has 1 N–H and O–H groups in total. The molecule has 1 aliphatic rings. The molecule has 1 heterocycles. The third-order valence-corrected chi connectivity index (χ3v) is 5.42. The van der Waals surface area contributed by atoms with E-state index in [9.17, 15) is 9.59 Å². The van der Waals surface area contributed by atoms with Crippen LogP contribution in [0.2, 0.25) is 0 Å². The van der Waals surface area contributed by atoms with Crippen LogP contribution in [0.25, 0.3) is 11.0 Å². The monoisotopic (exact) mass is 361 g/mol. The SMILES string of the molecule is O=C(Cn1c(=O)cnc2ccccc21)NC1CCC(c2ccccc2)CC1. The number of rotatable bonds is 4. The van der Waals surface area contributed by atoms with Gasteiger partial charge in [0.25, 0.3) is 5.56 Å². The van der Waals surface area contributed by atoms with Gasteiger partial charge < -0.3 is 5.32 Å². The maximum absolute atomic E-state index is 12.5. The van der Waals surface area contributed by atoms with Crippen molar-refractivity contribution in [3.63, 3.8) is 0 Å². The minimum Gasteiger partial charge on any atom is -0.352 e. The molecule has 0 bridgehead atoms. The zero-order chi connectivity index (χ0) is 18.6. The molecule has 4 rings (SSSR count).